The van der Waals surface area contributed by atoms with Crippen molar-refractivity contribution < 1.29 is 0 Å². The fraction of sp³-hybridized carbons (Fsp3) is 0.333. The standard InChI is InChI=1S/C15H16Cl2N2/c16-13-3-4-14(17)12(7-13)9-19-6-5-11(8-19)15(18)10-1-2-10/h3-8,10,15H,1-2,9,18H2. The smallest absolute Gasteiger partial charge is 0.0485 e. The fourth-order valence-electron chi connectivity index (χ4n) is 2.34. The third-order valence-corrected chi connectivity index (χ3v) is 4.25. The van der Waals surface area contributed by atoms with Gasteiger partial charge >= 0.3 is 0 Å². The van der Waals surface area contributed by atoms with Crippen LogP contribution in [0.1, 0.15) is 30.0 Å². The molecular formula is C15H16Cl2N2. The largest absolute Gasteiger partial charge is 0.350 e. The highest BCUT2D eigenvalue weighted by Crippen LogP contribution is 2.39. The first-order valence-corrected chi connectivity index (χ1v) is 7.24. The average molecular weight is 295 g/mol. The minimum atomic E-state index is 0.177. The molecule has 100 valence electrons. The maximum atomic E-state index is 6.20. The quantitative estimate of drug-likeness (QED) is 0.898. The van der Waals surface area contributed by atoms with Crippen LogP contribution < -0.4 is 5.73 Å². The Morgan fingerprint density at radius 2 is 2.05 bits per heavy atom. The Labute approximate surface area is 123 Å². The van der Waals surface area contributed by atoms with E-state index in [4.69, 9.17) is 28.9 Å². The molecule has 0 radical (unpaired) electrons. The molecule has 2 aromatic rings. The van der Waals surface area contributed by atoms with Gasteiger partial charge in [-0.05, 0) is 54.2 Å². The normalized spacial score (nSPS) is 16.6. The van der Waals surface area contributed by atoms with Gasteiger partial charge in [0.1, 0.15) is 0 Å². The van der Waals surface area contributed by atoms with Crippen LogP contribution in [0.5, 0.6) is 0 Å². The summed E-state index contributed by atoms with van der Waals surface area (Å²) >= 11 is 12.2. The predicted octanol–water partition coefficient (Wildman–Crippen LogP) is 4.25. The maximum absolute atomic E-state index is 6.20. The third-order valence-electron chi connectivity index (χ3n) is 3.65. The van der Waals surface area contributed by atoms with Crippen LogP contribution in [-0.2, 0) is 6.54 Å². The zero-order chi connectivity index (χ0) is 13.4. The number of hydrogen-bond donors (Lipinski definition) is 1. The zero-order valence-electron chi connectivity index (χ0n) is 10.5. The molecular weight excluding hydrogens is 279 g/mol. The summed E-state index contributed by atoms with van der Waals surface area (Å²) in [6.07, 6.45) is 6.67. The molecule has 1 aliphatic rings. The molecule has 1 unspecified atom stereocenters. The first-order valence-electron chi connectivity index (χ1n) is 6.48. The van der Waals surface area contributed by atoms with Crippen LogP contribution in [0.3, 0.4) is 0 Å². The molecule has 0 saturated heterocycles. The van der Waals surface area contributed by atoms with Gasteiger partial charge in [-0.2, -0.15) is 0 Å². The number of aromatic nitrogens is 1. The lowest BCUT2D eigenvalue weighted by Crippen LogP contribution is -2.11. The van der Waals surface area contributed by atoms with Crippen molar-refractivity contribution in [2.45, 2.75) is 25.4 Å². The summed E-state index contributed by atoms with van der Waals surface area (Å²) in [4.78, 5) is 0. The Balaban J connectivity index is 1.77. The number of benzene rings is 1. The second kappa shape index (κ2) is 5.20. The molecule has 0 bridgehead atoms. The first kappa shape index (κ1) is 13.0. The molecule has 1 aromatic heterocycles. The molecule has 0 spiro atoms. The van der Waals surface area contributed by atoms with Crippen molar-refractivity contribution in [3.8, 4) is 0 Å². The molecule has 4 heteroatoms. The van der Waals surface area contributed by atoms with Crippen molar-refractivity contribution >= 4 is 23.2 Å². The molecule has 2 N–H and O–H groups in total. The second-order valence-corrected chi connectivity index (χ2v) is 6.06. The van der Waals surface area contributed by atoms with E-state index in [9.17, 15) is 0 Å². The first-order chi connectivity index (χ1) is 9.13. The van der Waals surface area contributed by atoms with Crippen LogP contribution >= 0.6 is 23.2 Å². The van der Waals surface area contributed by atoms with Gasteiger partial charge in [-0.3, -0.25) is 0 Å². The van der Waals surface area contributed by atoms with Crippen LogP contribution in [-0.4, -0.2) is 4.57 Å². The van der Waals surface area contributed by atoms with Gasteiger partial charge in [0.05, 0.1) is 0 Å². The van der Waals surface area contributed by atoms with E-state index in [0.717, 1.165) is 17.1 Å². The fourth-order valence-corrected chi connectivity index (χ4v) is 2.72. The van der Waals surface area contributed by atoms with Gasteiger partial charge in [0.2, 0.25) is 0 Å². The van der Waals surface area contributed by atoms with E-state index >= 15 is 0 Å². The summed E-state index contributed by atoms with van der Waals surface area (Å²) in [7, 11) is 0. The Morgan fingerprint density at radius 1 is 1.26 bits per heavy atom. The monoisotopic (exact) mass is 294 g/mol. The SMILES string of the molecule is NC(c1ccn(Cc2cc(Cl)ccc2Cl)c1)C1CC1. The second-order valence-electron chi connectivity index (χ2n) is 5.22. The number of halogens is 2. The van der Waals surface area contributed by atoms with Crippen molar-refractivity contribution in [2.24, 2.45) is 11.7 Å². The number of nitrogens with zero attached hydrogens (tertiary/aromatic N) is 1. The van der Waals surface area contributed by atoms with Crippen LogP contribution in [0, 0.1) is 5.92 Å². The van der Waals surface area contributed by atoms with E-state index in [0.29, 0.717) is 10.9 Å². The van der Waals surface area contributed by atoms with Crippen molar-refractivity contribution in [3.63, 3.8) is 0 Å². The Hall–Kier alpha value is -0.960. The lowest BCUT2D eigenvalue weighted by Gasteiger charge is -2.08. The van der Waals surface area contributed by atoms with Crippen molar-refractivity contribution in [1.82, 2.24) is 4.57 Å². The third kappa shape index (κ3) is 2.97. The highest BCUT2D eigenvalue weighted by molar-refractivity contribution is 6.33. The lowest BCUT2D eigenvalue weighted by molar-refractivity contribution is 0.631. The van der Waals surface area contributed by atoms with Gasteiger partial charge in [-0.1, -0.05) is 23.2 Å². The van der Waals surface area contributed by atoms with Crippen molar-refractivity contribution in [1.29, 1.82) is 0 Å². The summed E-state index contributed by atoms with van der Waals surface area (Å²) in [5, 5.41) is 1.45. The topological polar surface area (TPSA) is 30.9 Å². The number of rotatable bonds is 4. The Kier molecular flexibility index (Phi) is 3.57. The molecule has 1 atom stereocenters. The van der Waals surface area contributed by atoms with E-state index in [1.807, 2.05) is 12.1 Å². The van der Waals surface area contributed by atoms with E-state index < -0.39 is 0 Å². The summed E-state index contributed by atoms with van der Waals surface area (Å²) in [6, 6.07) is 7.82. The lowest BCUT2D eigenvalue weighted by atomic mass is 10.1. The molecule has 1 fully saturated rings. The van der Waals surface area contributed by atoms with Gasteiger partial charge in [0.25, 0.3) is 0 Å². The maximum Gasteiger partial charge on any atom is 0.0485 e. The molecule has 0 aliphatic heterocycles. The summed E-state index contributed by atoms with van der Waals surface area (Å²) in [6.45, 7) is 0.719. The minimum Gasteiger partial charge on any atom is -0.350 e. The molecule has 1 saturated carbocycles. The number of hydrogen-bond acceptors (Lipinski definition) is 1. The van der Waals surface area contributed by atoms with Crippen molar-refractivity contribution in [2.75, 3.05) is 0 Å². The molecule has 2 nitrogen and oxygen atoms in total. The van der Waals surface area contributed by atoms with Crippen molar-refractivity contribution in [3.05, 3.63) is 57.8 Å². The highest BCUT2D eigenvalue weighted by atomic mass is 35.5. The van der Waals surface area contributed by atoms with Gasteiger partial charge in [-0.25, -0.2) is 0 Å². The van der Waals surface area contributed by atoms with E-state index in [1.54, 1.807) is 6.07 Å². The van der Waals surface area contributed by atoms with Gasteiger partial charge in [-0.15, -0.1) is 0 Å². The van der Waals surface area contributed by atoms with Crippen LogP contribution in [0.4, 0.5) is 0 Å². The highest BCUT2D eigenvalue weighted by Gasteiger charge is 2.29. The minimum absolute atomic E-state index is 0.177. The molecule has 1 aliphatic carbocycles. The molecule has 1 heterocycles. The predicted molar refractivity (Wildman–Crippen MR) is 79.6 cm³/mol. The Bertz CT molecular complexity index is 588. The van der Waals surface area contributed by atoms with E-state index in [1.165, 1.54) is 18.4 Å². The van der Waals surface area contributed by atoms with Crippen LogP contribution in [0.2, 0.25) is 10.0 Å². The summed E-state index contributed by atoms with van der Waals surface area (Å²) in [5.41, 5.74) is 8.43. The molecule has 3 rings (SSSR count). The van der Waals surface area contributed by atoms with Gasteiger partial charge in [0, 0.05) is 35.0 Å². The van der Waals surface area contributed by atoms with Gasteiger partial charge in [0.15, 0.2) is 0 Å². The number of nitrogens with two attached hydrogens (primary N) is 1. The van der Waals surface area contributed by atoms with E-state index in [2.05, 4.69) is 23.0 Å². The van der Waals surface area contributed by atoms with Gasteiger partial charge < -0.3 is 10.3 Å². The molecule has 0 amide bonds. The molecule has 19 heavy (non-hydrogen) atoms. The van der Waals surface area contributed by atoms with E-state index in [-0.39, 0.29) is 6.04 Å². The van der Waals surface area contributed by atoms with Crippen LogP contribution in [0.15, 0.2) is 36.7 Å². The molecule has 1 aromatic carbocycles. The summed E-state index contributed by atoms with van der Waals surface area (Å²) in [5.74, 6) is 0.672. The zero-order valence-corrected chi connectivity index (χ0v) is 12.0. The van der Waals surface area contributed by atoms with Crippen LogP contribution in [0.25, 0.3) is 0 Å². The average Bonchev–Trinajstić information content (AvgIpc) is 3.13. The summed E-state index contributed by atoms with van der Waals surface area (Å²) < 4.78 is 2.11. The Morgan fingerprint density at radius 3 is 2.79 bits per heavy atom.